The summed E-state index contributed by atoms with van der Waals surface area (Å²) in [6.45, 7) is 5.32. The predicted molar refractivity (Wildman–Crippen MR) is 112 cm³/mol. The fourth-order valence-electron chi connectivity index (χ4n) is 3.65. The molecule has 3 aromatic rings. The van der Waals surface area contributed by atoms with E-state index in [1.54, 1.807) is 14.0 Å². The second-order valence-electron chi connectivity index (χ2n) is 7.60. The number of halogens is 1. The maximum absolute atomic E-state index is 13.7. The van der Waals surface area contributed by atoms with Gasteiger partial charge in [0, 0.05) is 31.3 Å². The first-order valence-electron chi connectivity index (χ1n) is 9.82. The number of benzene rings is 1. The number of Topliss-reactive ketones (excluding diaryl/α,β-unsaturated/α-hetero) is 1. The van der Waals surface area contributed by atoms with E-state index in [0.29, 0.717) is 23.6 Å². The van der Waals surface area contributed by atoms with Crippen molar-refractivity contribution in [2.24, 2.45) is 7.05 Å². The van der Waals surface area contributed by atoms with Gasteiger partial charge in [-0.05, 0) is 47.7 Å². The van der Waals surface area contributed by atoms with E-state index in [1.807, 2.05) is 24.3 Å². The van der Waals surface area contributed by atoms with Crippen LogP contribution in [0, 0.1) is 12.7 Å². The summed E-state index contributed by atoms with van der Waals surface area (Å²) in [5.74, 6) is 0.0297. The van der Waals surface area contributed by atoms with Gasteiger partial charge in [0.25, 0.3) is 5.95 Å². The van der Waals surface area contributed by atoms with Crippen molar-refractivity contribution in [1.29, 1.82) is 0 Å². The molecule has 0 saturated carbocycles. The maximum Gasteiger partial charge on any atom is 0.266 e. The molecule has 154 valence electrons. The molecule has 3 heterocycles. The molecule has 30 heavy (non-hydrogen) atoms. The number of carbonyl (C=O) groups excluding carboxylic acids is 1. The first-order valence-corrected chi connectivity index (χ1v) is 9.82. The van der Waals surface area contributed by atoms with E-state index in [2.05, 4.69) is 32.2 Å². The van der Waals surface area contributed by atoms with E-state index in [1.165, 1.54) is 22.1 Å². The number of anilines is 1. The van der Waals surface area contributed by atoms with Crippen molar-refractivity contribution in [2.45, 2.75) is 26.7 Å². The Hall–Kier alpha value is -3.42. The van der Waals surface area contributed by atoms with Crippen LogP contribution in [0.2, 0.25) is 0 Å². The molecule has 0 amide bonds. The highest BCUT2D eigenvalue weighted by Crippen LogP contribution is 2.28. The van der Waals surface area contributed by atoms with Crippen LogP contribution in [0.4, 0.5) is 10.3 Å². The predicted octanol–water partition coefficient (Wildman–Crippen LogP) is 3.16. The quantitative estimate of drug-likeness (QED) is 0.606. The van der Waals surface area contributed by atoms with E-state index in [-0.39, 0.29) is 12.2 Å². The van der Waals surface area contributed by atoms with Crippen molar-refractivity contribution in [3.8, 4) is 0 Å². The van der Waals surface area contributed by atoms with E-state index >= 15 is 0 Å². The van der Waals surface area contributed by atoms with Crippen molar-refractivity contribution in [1.82, 2.24) is 25.2 Å². The first-order chi connectivity index (χ1) is 14.4. The number of ketones is 1. The molecule has 0 spiro atoms. The smallest absolute Gasteiger partial charge is 0.266 e. The molecule has 0 radical (unpaired) electrons. The SMILES string of the molecule is CC1=C(c2ccc(CC(=O)c3cncc(F)c3C)cc2)CN(c2nnn(C)n2)CC1. The summed E-state index contributed by atoms with van der Waals surface area (Å²) < 4.78 is 13.7. The number of carbonyl (C=O) groups is 1. The third-order valence-corrected chi connectivity index (χ3v) is 5.52. The van der Waals surface area contributed by atoms with Crippen LogP contribution in [-0.4, -0.2) is 44.1 Å². The van der Waals surface area contributed by atoms with Crippen molar-refractivity contribution < 1.29 is 9.18 Å². The third-order valence-electron chi connectivity index (χ3n) is 5.52. The zero-order chi connectivity index (χ0) is 21.3. The van der Waals surface area contributed by atoms with Gasteiger partial charge in [-0.3, -0.25) is 9.78 Å². The van der Waals surface area contributed by atoms with Crippen LogP contribution in [-0.2, 0) is 13.5 Å². The summed E-state index contributed by atoms with van der Waals surface area (Å²) in [5.41, 5.74) is 5.23. The Balaban J connectivity index is 1.50. The summed E-state index contributed by atoms with van der Waals surface area (Å²) in [5, 5.41) is 12.3. The summed E-state index contributed by atoms with van der Waals surface area (Å²) in [4.78, 5) is 20.0. The van der Waals surface area contributed by atoms with Crippen LogP contribution in [0.25, 0.3) is 5.57 Å². The highest BCUT2D eigenvalue weighted by atomic mass is 19.1. The minimum absolute atomic E-state index is 0.139. The van der Waals surface area contributed by atoms with Gasteiger partial charge in [0.1, 0.15) is 5.82 Å². The highest BCUT2D eigenvalue weighted by Gasteiger charge is 2.21. The van der Waals surface area contributed by atoms with Gasteiger partial charge in [-0.1, -0.05) is 34.9 Å². The molecule has 2 aromatic heterocycles. The number of hydrogen-bond acceptors (Lipinski definition) is 6. The standard InChI is InChI=1S/C22H23FN6O/c1-14-8-9-29(22-25-27-28(3)26-22)13-19(14)17-6-4-16(5-7-17)10-21(30)18-11-24-12-20(23)15(18)2/h4-7,11-12H,8-10,13H2,1-3H3. The van der Waals surface area contributed by atoms with Crippen LogP contribution in [0.3, 0.4) is 0 Å². The van der Waals surface area contributed by atoms with E-state index in [4.69, 9.17) is 0 Å². The highest BCUT2D eigenvalue weighted by molar-refractivity contribution is 5.98. The Bertz CT molecular complexity index is 1120. The van der Waals surface area contributed by atoms with Gasteiger partial charge in [-0.2, -0.15) is 4.80 Å². The summed E-state index contributed by atoms with van der Waals surface area (Å²) >= 11 is 0. The normalized spacial score (nSPS) is 14.3. The molecule has 0 fully saturated rings. The Morgan fingerprint density at radius 1 is 1.17 bits per heavy atom. The summed E-state index contributed by atoms with van der Waals surface area (Å²) in [6.07, 6.45) is 3.70. The Labute approximate surface area is 174 Å². The van der Waals surface area contributed by atoms with Gasteiger partial charge in [0.15, 0.2) is 5.78 Å². The molecular weight excluding hydrogens is 383 g/mol. The molecule has 4 rings (SSSR count). The van der Waals surface area contributed by atoms with Crippen molar-refractivity contribution in [2.75, 3.05) is 18.0 Å². The third kappa shape index (κ3) is 3.98. The molecule has 0 saturated heterocycles. The second kappa shape index (κ2) is 8.14. The van der Waals surface area contributed by atoms with Crippen molar-refractivity contribution in [3.63, 3.8) is 0 Å². The number of pyridine rings is 1. The average molecular weight is 406 g/mol. The molecule has 1 aliphatic heterocycles. The lowest BCUT2D eigenvalue weighted by Gasteiger charge is -2.29. The molecule has 0 aliphatic carbocycles. The molecule has 7 nitrogen and oxygen atoms in total. The van der Waals surface area contributed by atoms with Gasteiger partial charge in [-0.15, -0.1) is 5.10 Å². The maximum atomic E-state index is 13.7. The molecule has 0 bridgehead atoms. The van der Waals surface area contributed by atoms with Gasteiger partial charge in [0.2, 0.25) is 0 Å². The Morgan fingerprint density at radius 3 is 2.63 bits per heavy atom. The van der Waals surface area contributed by atoms with Crippen LogP contribution in [0.1, 0.15) is 40.4 Å². The molecule has 1 aromatic carbocycles. The largest absolute Gasteiger partial charge is 0.334 e. The average Bonchev–Trinajstić information content (AvgIpc) is 3.17. The van der Waals surface area contributed by atoms with E-state index in [0.717, 1.165) is 30.3 Å². The number of hydrogen-bond donors (Lipinski definition) is 0. The zero-order valence-electron chi connectivity index (χ0n) is 17.3. The fourth-order valence-corrected chi connectivity index (χ4v) is 3.65. The Kier molecular flexibility index (Phi) is 5.39. The van der Waals surface area contributed by atoms with Gasteiger partial charge >= 0.3 is 0 Å². The number of aryl methyl sites for hydroxylation is 1. The number of rotatable bonds is 5. The minimum Gasteiger partial charge on any atom is -0.334 e. The molecule has 8 heteroatoms. The van der Waals surface area contributed by atoms with Crippen molar-refractivity contribution in [3.05, 3.63) is 70.3 Å². The molecule has 0 unspecified atom stereocenters. The summed E-state index contributed by atoms with van der Waals surface area (Å²) in [6, 6.07) is 7.97. The number of aromatic nitrogens is 5. The number of tetrazole rings is 1. The van der Waals surface area contributed by atoms with Crippen LogP contribution in [0.5, 0.6) is 0 Å². The summed E-state index contributed by atoms with van der Waals surface area (Å²) in [7, 11) is 1.75. The fraction of sp³-hybridized carbons (Fsp3) is 0.318. The van der Waals surface area contributed by atoms with Crippen LogP contribution < -0.4 is 4.90 Å². The lowest BCUT2D eigenvalue weighted by atomic mass is 9.93. The molecule has 0 N–H and O–H groups in total. The lowest BCUT2D eigenvalue weighted by molar-refractivity contribution is 0.0991. The topological polar surface area (TPSA) is 76.8 Å². The van der Waals surface area contributed by atoms with Gasteiger partial charge in [-0.25, -0.2) is 4.39 Å². The van der Waals surface area contributed by atoms with E-state index < -0.39 is 5.82 Å². The van der Waals surface area contributed by atoms with Gasteiger partial charge < -0.3 is 4.90 Å². The number of nitrogens with zero attached hydrogens (tertiary/aromatic N) is 6. The van der Waals surface area contributed by atoms with Crippen LogP contribution in [0.15, 0.2) is 42.2 Å². The van der Waals surface area contributed by atoms with Crippen molar-refractivity contribution >= 4 is 17.3 Å². The van der Waals surface area contributed by atoms with E-state index in [9.17, 15) is 9.18 Å². The minimum atomic E-state index is -0.460. The molecular formula is C22H23FN6O. The zero-order valence-corrected chi connectivity index (χ0v) is 17.3. The first kappa shape index (κ1) is 19.9. The molecule has 0 atom stereocenters. The van der Waals surface area contributed by atoms with Gasteiger partial charge in [0.05, 0.1) is 13.2 Å². The molecule has 1 aliphatic rings. The van der Waals surface area contributed by atoms with Crippen LogP contribution >= 0.6 is 0 Å². The monoisotopic (exact) mass is 406 g/mol. The second-order valence-corrected chi connectivity index (χ2v) is 7.60. The Morgan fingerprint density at radius 2 is 1.93 bits per heavy atom. The lowest BCUT2D eigenvalue weighted by Crippen LogP contribution is -2.31.